The third kappa shape index (κ3) is 2.89. The number of anilines is 1. The number of nitrogens with zero attached hydrogens (tertiary/aromatic N) is 2. The molecule has 2 rings (SSSR count). The van der Waals surface area contributed by atoms with E-state index in [-0.39, 0.29) is 0 Å². The van der Waals surface area contributed by atoms with Crippen molar-refractivity contribution in [1.82, 2.24) is 4.98 Å². The molecule has 0 saturated heterocycles. The molecule has 2 N–H and O–H groups in total. The van der Waals surface area contributed by atoms with Gasteiger partial charge >= 0.3 is 0 Å². The zero-order valence-electron chi connectivity index (χ0n) is 10.8. The van der Waals surface area contributed by atoms with Gasteiger partial charge in [0.05, 0.1) is 6.54 Å². The molecule has 0 atom stereocenters. The summed E-state index contributed by atoms with van der Waals surface area (Å²) in [5.74, 6) is 0. The van der Waals surface area contributed by atoms with Crippen molar-refractivity contribution < 1.29 is 0 Å². The van der Waals surface area contributed by atoms with Crippen LogP contribution in [-0.4, -0.2) is 11.0 Å². The third-order valence-electron chi connectivity index (χ3n) is 2.94. The first-order valence-electron chi connectivity index (χ1n) is 6.14. The topological polar surface area (TPSA) is 42.2 Å². The van der Waals surface area contributed by atoms with Gasteiger partial charge in [-0.15, -0.1) is 11.3 Å². The maximum absolute atomic E-state index is 5.80. The molecule has 0 unspecified atom stereocenters. The number of aromatic nitrogens is 1. The van der Waals surface area contributed by atoms with Gasteiger partial charge in [0.2, 0.25) is 0 Å². The molecule has 2 aromatic heterocycles. The zero-order chi connectivity index (χ0) is 13.0. The Hall–Kier alpha value is -1.39. The molecule has 0 radical (unpaired) electrons. The lowest BCUT2D eigenvalue weighted by Crippen LogP contribution is -2.31. The highest BCUT2D eigenvalue weighted by molar-refractivity contribution is 7.09. The van der Waals surface area contributed by atoms with Gasteiger partial charge in [-0.25, -0.2) is 0 Å². The molecule has 0 saturated carbocycles. The summed E-state index contributed by atoms with van der Waals surface area (Å²) in [5, 5.41) is 2.12. The Morgan fingerprint density at radius 1 is 1.39 bits per heavy atom. The Labute approximate surface area is 112 Å². The molecule has 0 aliphatic heterocycles. The fraction of sp³-hybridized carbons (Fsp3) is 0.357. The Morgan fingerprint density at radius 3 is 2.83 bits per heavy atom. The highest BCUT2D eigenvalue weighted by Gasteiger charge is 2.14. The molecule has 0 spiro atoms. The second kappa shape index (κ2) is 5.98. The first-order valence-corrected chi connectivity index (χ1v) is 7.02. The largest absolute Gasteiger partial charge is 0.364 e. The van der Waals surface area contributed by atoms with E-state index in [2.05, 4.69) is 47.3 Å². The van der Waals surface area contributed by atoms with Crippen LogP contribution >= 0.6 is 11.3 Å². The van der Waals surface area contributed by atoms with Gasteiger partial charge in [0.1, 0.15) is 0 Å². The lowest BCUT2D eigenvalue weighted by atomic mass is 10.1. The van der Waals surface area contributed by atoms with Crippen LogP contribution in [0, 0.1) is 0 Å². The van der Waals surface area contributed by atoms with Gasteiger partial charge in [-0.2, -0.15) is 0 Å². The van der Waals surface area contributed by atoms with Crippen LogP contribution in [0.2, 0.25) is 0 Å². The average Bonchev–Trinajstić information content (AvgIpc) is 2.88. The molecule has 0 fully saturated rings. The van der Waals surface area contributed by atoms with E-state index in [1.54, 1.807) is 11.3 Å². The fourth-order valence-electron chi connectivity index (χ4n) is 1.97. The second-order valence-corrected chi connectivity index (χ2v) is 5.54. The van der Waals surface area contributed by atoms with Crippen molar-refractivity contribution in [3.05, 3.63) is 46.4 Å². The SMILES string of the molecule is CC(C)N(Cc1cccs1)c1ccncc1CN. The predicted octanol–water partition coefficient (Wildman–Crippen LogP) is 3.02. The van der Waals surface area contributed by atoms with Gasteiger partial charge in [0.15, 0.2) is 0 Å². The van der Waals surface area contributed by atoms with Crippen LogP contribution in [0.15, 0.2) is 36.0 Å². The van der Waals surface area contributed by atoms with Gasteiger partial charge in [0, 0.05) is 41.1 Å². The van der Waals surface area contributed by atoms with E-state index in [4.69, 9.17) is 5.73 Å². The van der Waals surface area contributed by atoms with E-state index in [9.17, 15) is 0 Å². The molecular formula is C14H19N3S. The molecule has 0 bridgehead atoms. The number of pyridine rings is 1. The van der Waals surface area contributed by atoms with Gasteiger partial charge < -0.3 is 10.6 Å². The fourth-order valence-corrected chi connectivity index (χ4v) is 2.68. The van der Waals surface area contributed by atoms with E-state index in [1.165, 1.54) is 10.6 Å². The maximum Gasteiger partial charge on any atom is 0.0525 e. The van der Waals surface area contributed by atoms with E-state index in [1.807, 2.05) is 12.4 Å². The van der Waals surface area contributed by atoms with Crippen LogP contribution in [0.25, 0.3) is 0 Å². The summed E-state index contributed by atoms with van der Waals surface area (Å²) in [5.41, 5.74) is 8.09. The summed E-state index contributed by atoms with van der Waals surface area (Å²) < 4.78 is 0. The van der Waals surface area contributed by atoms with Crippen LogP contribution in [0.5, 0.6) is 0 Å². The summed E-state index contributed by atoms with van der Waals surface area (Å²) in [7, 11) is 0. The summed E-state index contributed by atoms with van der Waals surface area (Å²) >= 11 is 1.79. The number of hydrogen-bond acceptors (Lipinski definition) is 4. The van der Waals surface area contributed by atoms with Crippen LogP contribution in [-0.2, 0) is 13.1 Å². The molecule has 0 aliphatic rings. The lowest BCUT2D eigenvalue weighted by Gasteiger charge is -2.30. The Bertz CT molecular complexity index is 480. The first-order chi connectivity index (χ1) is 8.72. The van der Waals surface area contributed by atoms with E-state index in [0.717, 1.165) is 12.1 Å². The number of rotatable bonds is 5. The number of hydrogen-bond donors (Lipinski definition) is 1. The average molecular weight is 261 g/mol. The second-order valence-electron chi connectivity index (χ2n) is 4.51. The molecule has 2 aromatic rings. The Kier molecular flexibility index (Phi) is 4.33. The third-order valence-corrected chi connectivity index (χ3v) is 3.80. The highest BCUT2D eigenvalue weighted by atomic mass is 32.1. The molecule has 0 amide bonds. The highest BCUT2D eigenvalue weighted by Crippen LogP contribution is 2.24. The number of thiophene rings is 1. The van der Waals surface area contributed by atoms with Gasteiger partial charge in [-0.1, -0.05) is 6.07 Å². The first kappa shape index (κ1) is 13.1. The molecule has 2 heterocycles. The molecule has 0 aliphatic carbocycles. The van der Waals surface area contributed by atoms with Crippen molar-refractivity contribution in [2.45, 2.75) is 33.0 Å². The Balaban J connectivity index is 2.29. The smallest absolute Gasteiger partial charge is 0.0525 e. The van der Waals surface area contributed by atoms with Crippen LogP contribution in [0.3, 0.4) is 0 Å². The van der Waals surface area contributed by atoms with Gasteiger partial charge in [-0.3, -0.25) is 4.98 Å². The molecule has 18 heavy (non-hydrogen) atoms. The van der Waals surface area contributed by atoms with E-state index >= 15 is 0 Å². The maximum atomic E-state index is 5.80. The quantitative estimate of drug-likeness (QED) is 0.899. The summed E-state index contributed by atoms with van der Waals surface area (Å²) in [6, 6.07) is 6.74. The minimum Gasteiger partial charge on any atom is -0.364 e. The lowest BCUT2D eigenvalue weighted by molar-refractivity contribution is 0.682. The monoisotopic (exact) mass is 261 g/mol. The summed E-state index contributed by atoms with van der Waals surface area (Å²) in [6.45, 7) is 5.85. The van der Waals surface area contributed by atoms with Crippen LogP contribution < -0.4 is 10.6 Å². The van der Waals surface area contributed by atoms with Gasteiger partial charge in [-0.05, 0) is 31.4 Å². The van der Waals surface area contributed by atoms with Crippen molar-refractivity contribution >= 4 is 17.0 Å². The molecule has 0 aromatic carbocycles. The minimum absolute atomic E-state index is 0.430. The Morgan fingerprint density at radius 2 is 2.22 bits per heavy atom. The molecule has 3 nitrogen and oxygen atoms in total. The standard InChI is InChI=1S/C14H19N3S/c1-11(2)17(10-13-4-3-7-18-13)14-5-6-16-9-12(14)8-15/h3-7,9,11H,8,10,15H2,1-2H3. The summed E-state index contributed by atoms with van der Waals surface area (Å²) in [6.07, 6.45) is 3.69. The van der Waals surface area contributed by atoms with Crippen LogP contribution in [0.1, 0.15) is 24.3 Å². The predicted molar refractivity (Wildman–Crippen MR) is 77.8 cm³/mol. The normalized spacial score (nSPS) is 10.9. The van der Waals surface area contributed by atoms with Crippen molar-refractivity contribution in [3.8, 4) is 0 Å². The molecule has 4 heteroatoms. The van der Waals surface area contributed by atoms with Crippen molar-refractivity contribution in [2.75, 3.05) is 4.90 Å². The van der Waals surface area contributed by atoms with E-state index < -0.39 is 0 Å². The zero-order valence-corrected chi connectivity index (χ0v) is 11.7. The molecule has 96 valence electrons. The minimum atomic E-state index is 0.430. The summed E-state index contributed by atoms with van der Waals surface area (Å²) in [4.78, 5) is 7.89. The molecular weight excluding hydrogens is 242 g/mol. The number of nitrogens with two attached hydrogens (primary N) is 1. The van der Waals surface area contributed by atoms with E-state index in [0.29, 0.717) is 12.6 Å². The van der Waals surface area contributed by atoms with Crippen molar-refractivity contribution in [2.24, 2.45) is 5.73 Å². The van der Waals surface area contributed by atoms with Crippen LogP contribution in [0.4, 0.5) is 5.69 Å². The van der Waals surface area contributed by atoms with Crippen molar-refractivity contribution in [1.29, 1.82) is 0 Å². The van der Waals surface area contributed by atoms with Gasteiger partial charge in [0.25, 0.3) is 0 Å². The van der Waals surface area contributed by atoms with Crippen molar-refractivity contribution in [3.63, 3.8) is 0 Å².